The number of aromatic nitrogens is 6. The van der Waals surface area contributed by atoms with E-state index in [2.05, 4.69) is 57.3 Å². The number of pyridine rings is 1. The van der Waals surface area contributed by atoms with Crippen molar-refractivity contribution in [2.75, 3.05) is 38.5 Å². The van der Waals surface area contributed by atoms with Gasteiger partial charge in [0, 0.05) is 43.8 Å². The Morgan fingerprint density at radius 1 is 1.03 bits per heavy atom. The number of piperazine rings is 1. The van der Waals surface area contributed by atoms with E-state index < -0.39 is 11.7 Å². The molecule has 4 aromatic heterocycles. The fourth-order valence-corrected chi connectivity index (χ4v) is 4.39. The largest absolute Gasteiger partial charge is 0.416 e. The molecule has 39 heavy (non-hydrogen) atoms. The zero-order valence-corrected chi connectivity index (χ0v) is 20.7. The van der Waals surface area contributed by atoms with Gasteiger partial charge in [-0.3, -0.25) is 10.00 Å². The fourth-order valence-electron chi connectivity index (χ4n) is 4.39. The van der Waals surface area contributed by atoms with Gasteiger partial charge in [-0.25, -0.2) is 15.0 Å². The molecule has 1 saturated heterocycles. The maximum Gasteiger partial charge on any atom is 0.416 e. The quantitative estimate of drug-likeness (QED) is 0.333. The van der Waals surface area contributed by atoms with Gasteiger partial charge in [-0.15, -0.1) is 0 Å². The Morgan fingerprint density at radius 3 is 2.69 bits per heavy atom. The van der Waals surface area contributed by atoms with Crippen molar-refractivity contribution in [3.63, 3.8) is 0 Å². The molecule has 1 aliphatic heterocycles. The van der Waals surface area contributed by atoms with Crippen LogP contribution in [0.1, 0.15) is 22.5 Å². The topological polar surface area (TPSA) is 112 Å². The molecule has 0 amide bonds. The van der Waals surface area contributed by atoms with Gasteiger partial charge in [0.25, 0.3) is 0 Å². The normalized spacial score (nSPS) is 15.0. The van der Waals surface area contributed by atoms with E-state index in [9.17, 15) is 13.2 Å². The number of nitrogens with zero attached hydrogens (tertiary/aromatic N) is 7. The molecule has 198 valence electrons. The van der Waals surface area contributed by atoms with E-state index in [1.165, 1.54) is 12.4 Å². The molecule has 0 saturated carbocycles. The number of benzene rings is 1. The van der Waals surface area contributed by atoms with Crippen LogP contribution in [0.4, 0.5) is 24.7 Å². The second kappa shape index (κ2) is 9.97. The van der Waals surface area contributed by atoms with Gasteiger partial charge in [0.15, 0.2) is 11.2 Å². The number of aromatic amines is 1. The maximum atomic E-state index is 13.7. The van der Waals surface area contributed by atoms with Crippen molar-refractivity contribution < 1.29 is 17.7 Å². The summed E-state index contributed by atoms with van der Waals surface area (Å²) in [5.74, 6) is 6.01. The molecule has 0 radical (unpaired) electrons. The smallest absolute Gasteiger partial charge is 0.349 e. The van der Waals surface area contributed by atoms with Crippen molar-refractivity contribution in [2.45, 2.75) is 12.7 Å². The van der Waals surface area contributed by atoms with E-state index in [1.807, 2.05) is 7.05 Å². The van der Waals surface area contributed by atoms with E-state index in [0.717, 1.165) is 43.1 Å². The first-order valence-electron chi connectivity index (χ1n) is 12.1. The first-order chi connectivity index (χ1) is 18.8. The molecule has 13 heteroatoms. The number of likely N-dealkylation sites (N-methyl/N-ethyl adjacent to an activating group) is 1. The summed E-state index contributed by atoms with van der Waals surface area (Å²) >= 11 is 0. The van der Waals surface area contributed by atoms with Crippen LogP contribution >= 0.6 is 0 Å². The summed E-state index contributed by atoms with van der Waals surface area (Å²) in [7, 11) is 2.03. The minimum absolute atomic E-state index is 0.165. The van der Waals surface area contributed by atoms with Crippen molar-refractivity contribution in [3.05, 3.63) is 65.5 Å². The molecule has 10 nitrogen and oxygen atoms in total. The molecule has 0 bridgehead atoms. The number of alkyl halides is 3. The minimum atomic E-state index is -4.50. The molecule has 0 aliphatic carbocycles. The van der Waals surface area contributed by atoms with E-state index >= 15 is 0 Å². The number of hydrogen-bond acceptors (Lipinski definition) is 9. The van der Waals surface area contributed by atoms with Gasteiger partial charge >= 0.3 is 6.18 Å². The molecule has 1 aliphatic rings. The Balaban J connectivity index is 1.28. The lowest BCUT2D eigenvalue weighted by Gasteiger charge is -2.32. The lowest BCUT2D eigenvalue weighted by Crippen LogP contribution is -2.43. The minimum Gasteiger partial charge on any atom is -0.349 e. The second-order valence-electron chi connectivity index (χ2n) is 9.33. The van der Waals surface area contributed by atoms with Gasteiger partial charge in [0.1, 0.15) is 12.0 Å². The molecular formula is C26H22F3N9O. The first kappa shape index (κ1) is 24.8. The summed E-state index contributed by atoms with van der Waals surface area (Å²) in [5.41, 5.74) is 2.11. The number of halogens is 3. The zero-order valence-electron chi connectivity index (χ0n) is 20.7. The Bertz CT molecular complexity index is 1710. The van der Waals surface area contributed by atoms with Crippen molar-refractivity contribution in [3.8, 4) is 11.8 Å². The number of hydrogen-bond donors (Lipinski definition) is 2. The highest BCUT2D eigenvalue weighted by molar-refractivity contribution is 5.89. The van der Waals surface area contributed by atoms with Crippen LogP contribution in [0.3, 0.4) is 0 Å². The molecule has 0 atom stereocenters. The molecule has 1 fully saturated rings. The summed E-state index contributed by atoms with van der Waals surface area (Å²) in [5, 5.41) is 14.6. The third kappa shape index (κ3) is 5.38. The molecular weight excluding hydrogens is 511 g/mol. The summed E-state index contributed by atoms with van der Waals surface area (Å²) in [6.07, 6.45) is 0.0977. The highest BCUT2D eigenvalue weighted by Crippen LogP contribution is 2.34. The predicted molar refractivity (Wildman–Crippen MR) is 137 cm³/mol. The maximum absolute atomic E-state index is 13.7. The molecule has 0 spiro atoms. The average molecular weight is 534 g/mol. The van der Waals surface area contributed by atoms with Crippen molar-refractivity contribution in [1.82, 2.24) is 40.1 Å². The Kier molecular flexibility index (Phi) is 6.34. The standard InChI is InChI=1S/C26H22F3N9O/c1-37-4-6-38(7-5-37)14-16-8-18(26(27,28)29)11-20(9-16)34-25-23-24(39-36-25)21(31-15-32-23)3-2-19-10-17-12-33-35-22(17)13-30-19/h8-13,15H,4-7,14H2,1H3,(H,33,35)(H,34,36). The summed E-state index contributed by atoms with van der Waals surface area (Å²) in [6.45, 7) is 3.72. The predicted octanol–water partition coefficient (Wildman–Crippen LogP) is 3.80. The van der Waals surface area contributed by atoms with Crippen LogP contribution in [0.25, 0.3) is 22.0 Å². The summed E-state index contributed by atoms with van der Waals surface area (Å²) < 4.78 is 46.6. The summed E-state index contributed by atoms with van der Waals surface area (Å²) in [4.78, 5) is 17.0. The Hall–Kier alpha value is -4.54. The third-order valence-electron chi connectivity index (χ3n) is 6.47. The monoisotopic (exact) mass is 533 g/mol. The zero-order chi connectivity index (χ0) is 27.0. The van der Waals surface area contributed by atoms with E-state index in [4.69, 9.17) is 4.52 Å². The SMILES string of the molecule is CN1CCN(Cc2cc(Nc3noc4c(C#Cc5cc6cn[nH]c6cn5)ncnc34)cc(C(F)(F)F)c2)CC1. The van der Waals surface area contributed by atoms with E-state index in [0.29, 0.717) is 23.3 Å². The number of fused-ring (bicyclic) bond motifs is 2. The van der Waals surface area contributed by atoms with Crippen LogP contribution < -0.4 is 5.32 Å². The van der Waals surface area contributed by atoms with Crippen LogP contribution in [-0.2, 0) is 12.7 Å². The van der Waals surface area contributed by atoms with E-state index in [1.54, 1.807) is 24.5 Å². The molecule has 6 rings (SSSR count). The Morgan fingerprint density at radius 2 is 1.87 bits per heavy atom. The Labute approximate surface area is 220 Å². The van der Waals surface area contributed by atoms with Crippen LogP contribution in [0.15, 0.2) is 47.5 Å². The number of H-pyrrole nitrogens is 1. The summed E-state index contributed by atoms with van der Waals surface area (Å²) in [6, 6.07) is 5.71. The number of anilines is 2. The van der Waals surface area contributed by atoms with Crippen LogP contribution in [-0.4, -0.2) is 73.3 Å². The van der Waals surface area contributed by atoms with Crippen molar-refractivity contribution in [1.29, 1.82) is 0 Å². The highest BCUT2D eigenvalue weighted by Gasteiger charge is 2.31. The van der Waals surface area contributed by atoms with Gasteiger partial charge in [-0.05, 0) is 48.7 Å². The van der Waals surface area contributed by atoms with Gasteiger partial charge in [0.05, 0.1) is 23.5 Å². The molecule has 5 heterocycles. The number of nitrogens with one attached hydrogen (secondary N) is 2. The number of rotatable bonds is 4. The molecule has 2 N–H and O–H groups in total. The third-order valence-corrected chi connectivity index (χ3v) is 6.47. The van der Waals surface area contributed by atoms with Gasteiger partial charge in [-0.2, -0.15) is 18.3 Å². The fraction of sp³-hybridized carbons (Fsp3) is 0.269. The van der Waals surface area contributed by atoms with Gasteiger partial charge in [-0.1, -0.05) is 5.16 Å². The van der Waals surface area contributed by atoms with Crippen molar-refractivity contribution >= 4 is 33.5 Å². The average Bonchev–Trinajstić information content (AvgIpc) is 3.55. The highest BCUT2D eigenvalue weighted by atomic mass is 19.4. The van der Waals surface area contributed by atoms with Crippen LogP contribution in [0, 0.1) is 11.8 Å². The van der Waals surface area contributed by atoms with Gasteiger partial charge in [0.2, 0.25) is 11.4 Å². The van der Waals surface area contributed by atoms with E-state index in [-0.39, 0.29) is 22.8 Å². The van der Waals surface area contributed by atoms with Crippen LogP contribution in [0.2, 0.25) is 0 Å². The first-order valence-corrected chi connectivity index (χ1v) is 12.1. The molecule has 0 unspecified atom stereocenters. The lowest BCUT2D eigenvalue weighted by atomic mass is 10.1. The van der Waals surface area contributed by atoms with Gasteiger partial charge < -0.3 is 14.7 Å². The van der Waals surface area contributed by atoms with Crippen molar-refractivity contribution in [2.24, 2.45) is 0 Å². The molecule has 5 aromatic rings. The second-order valence-corrected chi connectivity index (χ2v) is 9.33. The molecule has 1 aromatic carbocycles. The van der Waals surface area contributed by atoms with Crippen LogP contribution in [0.5, 0.6) is 0 Å². The lowest BCUT2D eigenvalue weighted by molar-refractivity contribution is -0.137.